The Morgan fingerprint density at radius 1 is 1.35 bits per heavy atom. The standard InChI is InChI=1S/C12H15ClF2N2/c13-9-6-10(14)8(5-11(9)15)12(17-16)4-3-7-1-2-7/h5-7,12,17H,1-4,16H2. The summed E-state index contributed by atoms with van der Waals surface area (Å²) in [5.74, 6) is 4.99. The highest BCUT2D eigenvalue weighted by Crippen LogP contribution is 2.36. The van der Waals surface area contributed by atoms with E-state index in [2.05, 4.69) is 5.43 Å². The van der Waals surface area contributed by atoms with Gasteiger partial charge in [0.2, 0.25) is 0 Å². The minimum absolute atomic E-state index is 0.204. The van der Waals surface area contributed by atoms with E-state index in [-0.39, 0.29) is 16.6 Å². The molecule has 1 aliphatic carbocycles. The van der Waals surface area contributed by atoms with E-state index in [1.54, 1.807) is 0 Å². The molecule has 3 N–H and O–H groups in total. The van der Waals surface area contributed by atoms with Crippen LogP contribution in [0.5, 0.6) is 0 Å². The maximum absolute atomic E-state index is 13.7. The van der Waals surface area contributed by atoms with Crippen molar-refractivity contribution in [1.29, 1.82) is 0 Å². The van der Waals surface area contributed by atoms with Gasteiger partial charge in [0.15, 0.2) is 0 Å². The maximum Gasteiger partial charge on any atom is 0.142 e. The van der Waals surface area contributed by atoms with Crippen LogP contribution >= 0.6 is 11.6 Å². The third-order valence-corrected chi connectivity index (χ3v) is 3.47. The van der Waals surface area contributed by atoms with Crippen LogP contribution in [-0.2, 0) is 0 Å². The number of nitrogens with two attached hydrogens (primary N) is 1. The van der Waals surface area contributed by atoms with E-state index < -0.39 is 11.6 Å². The van der Waals surface area contributed by atoms with E-state index in [0.29, 0.717) is 6.42 Å². The van der Waals surface area contributed by atoms with Crippen LogP contribution in [0.2, 0.25) is 5.02 Å². The van der Waals surface area contributed by atoms with Crippen molar-refractivity contribution in [2.75, 3.05) is 0 Å². The smallest absolute Gasteiger partial charge is 0.142 e. The van der Waals surface area contributed by atoms with Gasteiger partial charge in [0.25, 0.3) is 0 Å². The molecule has 0 amide bonds. The fraction of sp³-hybridized carbons (Fsp3) is 0.500. The second kappa shape index (κ2) is 5.29. The van der Waals surface area contributed by atoms with Crippen LogP contribution in [0.15, 0.2) is 12.1 Å². The molecule has 1 aromatic carbocycles. The SMILES string of the molecule is NNC(CCC1CC1)c1cc(F)c(Cl)cc1F. The summed E-state index contributed by atoms with van der Waals surface area (Å²) in [7, 11) is 0. The second-order valence-corrected chi connectivity index (χ2v) is 4.94. The first-order valence-corrected chi connectivity index (χ1v) is 6.10. The average Bonchev–Trinajstić information content (AvgIpc) is 3.09. The lowest BCUT2D eigenvalue weighted by Crippen LogP contribution is -2.29. The van der Waals surface area contributed by atoms with Gasteiger partial charge in [-0.2, -0.15) is 0 Å². The molecule has 0 spiro atoms. The van der Waals surface area contributed by atoms with E-state index in [9.17, 15) is 8.78 Å². The molecule has 0 aliphatic heterocycles. The molecule has 1 unspecified atom stereocenters. The number of halogens is 3. The highest BCUT2D eigenvalue weighted by molar-refractivity contribution is 6.30. The predicted octanol–water partition coefficient (Wildman–Crippen LogP) is 3.31. The Labute approximate surface area is 104 Å². The van der Waals surface area contributed by atoms with Gasteiger partial charge < -0.3 is 0 Å². The van der Waals surface area contributed by atoms with E-state index >= 15 is 0 Å². The Balaban J connectivity index is 2.13. The van der Waals surface area contributed by atoms with Gasteiger partial charge in [-0.25, -0.2) is 8.78 Å². The number of hydrogen-bond acceptors (Lipinski definition) is 2. The van der Waals surface area contributed by atoms with Crippen molar-refractivity contribution in [3.63, 3.8) is 0 Å². The van der Waals surface area contributed by atoms with Gasteiger partial charge in [0.05, 0.1) is 5.02 Å². The Morgan fingerprint density at radius 2 is 2.06 bits per heavy atom. The van der Waals surface area contributed by atoms with E-state index in [1.165, 1.54) is 12.8 Å². The topological polar surface area (TPSA) is 38.0 Å². The third kappa shape index (κ3) is 3.15. The Bertz CT molecular complexity index is 408. The first-order chi connectivity index (χ1) is 8.11. The Morgan fingerprint density at radius 3 is 2.65 bits per heavy atom. The molecule has 0 bridgehead atoms. The molecular formula is C12H15ClF2N2. The monoisotopic (exact) mass is 260 g/mol. The van der Waals surface area contributed by atoms with Crippen molar-refractivity contribution >= 4 is 11.6 Å². The number of rotatable bonds is 5. The second-order valence-electron chi connectivity index (χ2n) is 4.53. The molecule has 2 rings (SSSR count). The van der Waals surface area contributed by atoms with Crippen LogP contribution in [0.25, 0.3) is 0 Å². The molecule has 2 nitrogen and oxygen atoms in total. The fourth-order valence-corrected chi connectivity index (χ4v) is 2.09. The van der Waals surface area contributed by atoms with Gasteiger partial charge in [-0.1, -0.05) is 24.4 Å². The summed E-state index contributed by atoms with van der Waals surface area (Å²) < 4.78 is 27.0. The Hall–Kier alpha value is -0.710. The van der Waals surface area contributed by atoms with E-state index in [1.807, 2.05) is 0 Å². The molecule has 1 saturated carbocycles. The number of hydrazine groups is 1. The molecule has 0 aromatic heterocycles. The lowest BCUT2D eigenvalue weighted by molar-refractivity contribution is 0.456. The average molecular weight is 261 g/mol. The molecule has 1 aromatic rings. The van der Waals surface area contributed by atoms with Crippen molar-refractivity contribution in [3.8, 4) is 0 Å². The van der Waals surface area contributed by atoms with Crippen molar-refractivity contribution < 1.29 is 8.78 Å². The molecule has 0 radical (unpaired) electrons. The number of nitrogens with one attached hydrogen (secondary N) is 1. The molecule has 94 valence electrons. The van der Waals surface area contributed by atoms with Gasteiger partial charge >= 0.3 is 0 Å². The molecule has 0 saturated heterocycles. The number of benzene rings is 1. The molecule has 17 heavy (non-hydrogen) atoms. The summed E-state index contributed by atoms with van der Waals surface area (Å²) in [6.07, 6.45) is 4.15. The fourth-order valence-electron chi connectivity index (χ4n) is 1.94. The molecule has 1 atom stereocenters. The first-order valence-electron chi connectivity index (χ1n) is 5.72. The van der Waals surface area contributed by atoms with Crippen LogP contribution in [0.1, 0.15) is 37.3 Å². The van der Waals surface area contributed by atoms with Crippen molar-refractivity contribution in [3.05, 3.63) is 34.4 Å². The van der Waals surface area contributed by atoms with Gasteiger partial charge in [-0.3, -0.25) is 11.3 Å². The van der Waals surface area contributed by atoms with Crippen LogP contribution < -0.4 is 11.3 Å². The van der Waals surface area contributed by atoms with Crippen LogP contribution in [0, 0.1) is 17.6 Å². The molecule has 1 fully saturated rings. The largest absolute Gasteiger partial charge is 0.271 e. The minimum atomic E-state index is -0.616. The normalized spacial score (nSPS) is 17.2. The van der Waals surface area contributed by atoms with E-state index in [4.69, 9.17) is 17.4 Å². The lowest BCUT2D eigenvalue weighted by atomic mass is 10.0. The summed E-state index contributed by atoms with van der Waals surface area (Å²) in [6.45, 7) is 0. The molecule has 1 aliphatic rings. The summed E-state index contributed by atoms with van der Waals surface area (Å²) in [5.41, 5.74) is 2.78. The Kier molecular flexibility index (Phi) is 3.97. The van der Waals surface area contributed by atoms with Gasteiger partial charge in [-0.15, -0.1) is 0 Å². The van der Waals surface area contributed by atoms with Gasteiger partial charge in [0.1, 0.15) is 11.6 Å². The molecule has 5 heteroatoms. The van der Waals surface area contributed by atoms with Crippen LogP contribution in [0.4, 0.5) is 8.78 Å². The summed E-state index contributed by atoms with van der Waals surface area (Å²) in [4.78, 5) is 0. The zero-order valence-electron chi connectivity index (χ0n) is 9.35. The van der Waals surface area contributed by atoms with Gasteiger partial charge in [0, 0.05) is 11.6 Å². The van der Waals surface area contributed by atoms with Crippen molar-refractivity contribution in [1.82, 2.24) is 5.43 Å². The zero-order valence-corrected chi connectivity index (χ0v) is 10.1. The molecule has 0 heterocycles. The van der Waals surface area contributed by atoms with Crippen molar-refractivity contribution in [2.45, 2.75) is 31.7 Å². The summed E-state index contributed by atoms with van der Waals surface area (Å²) in [5, 5.41) is -0.204. The van der Waals surface area contributed by atoms with Crippen molar-refractivity contribution in [2.24, 2.45) is 11.8 Å². The van der Waals surface area contributed by atoms with Crippen LogP contribution in [-0.4, -0.2) is 0 Å². The number of hydrogen-bond donors (Lipinski definition) is 2. The minimum Gasteiger partial charge on any atom is -0.271 e. The highest BCUT2D eigenvalue weighted by Gasteiger charge is 2.24. The van der Waals surface area contributed by atoms with Crippen LogP contribution in [0.3, 0.4) is 0 Å². The summed E-state index contributed by atoms with van der Waals surface area (Å²) >= 11 is 5.50. The maximum atomic E-state index is 13.7. The van der Waals surface area contributed by atoms with Gasteiger partial charge in [-0.05, 0) is 30.9 Å². The first kappa shape index (κ1) is 12.7. The highest BCUT2D eigenvalue weighted by atomic mass is 35.5. The predicted molar refractivity (Wildman–Crippen MR) is 63.4 cm³/mol. The zero-order chi connectivity index (χ0) is 12.4. The molecular weight excluding hydrogens is 246 g/mol. The quantitative estimate of drug-likeness (QED) is 0.484. The van der Waals surface area contributed by atoms with E-state index in [0.717, 1.165) is 24.5 Å². The summed E-state index contributed by atoms with van der Waals surface area (Å²) in [6, 6.07) is 1.75. The third-order valence-electron chi connectivity index (χ3n) is 3.18. The lowest BCUT2D eigenvalue weighted by Gasteiger charge is -2.17.